The highest BCUT2D eigenvalue weighted by atomic mass is 35.5. The second-order valence-corrected chi connectivity index (χ2v) is 6.96. The van der Waals surface area contributed by atoms with Crippen molar-refractivity contribution in [2.45, 2.75) is 19.5 Å². The third-order valence-corrected chi connectivity index (χ3v) is 5.04. The lowest BCUT2D eigenvalue weighted by Gasteiger charge is -2.20. The summed E-state index contributed by atoms with van der Waals surface area (Å²) in [6, 6.07) is 6.32. The van der Waals surface area contributed by atoms with E-state index in [2.05, 4.69) is 11.6 Å². The molecule has 1 unspecified atom stereocenters. The molecule has 8 nitrogen and oxygen atoms in total. The molecule has 0 aliphatic carbocycles. The molecule has 2 amide bonds. The van der Waals surface area contributed by atoms with E-state index >= 15 is 0 Å². The van der Waals surface area contributed by atoms with Crippen LogP contribution < -0.4 is 11.3 Å². The number of imidazole rings is 1. The van der Waals surface area contributed by atoms with E-state index < -0.39 is 23.4 Å². The van der Waals surface area contributed by atoms with Crippen molar-refractivity contribution in [2.75, 3.05) is 7.05 Å². The zero-order chi connectivity index (χ0) is 21.3. The van der Waals surface area contributed by atoms with Crippen molar-refractivity contribution in [2.24, 2.45) is 5.73 Å². The number of amides is 2. The zero-order valence-corrected chi connectivity index (χ0v) is 16.8. The molecule has 9 heteroatoms. The summed E-state index contributed by atoms with van der Waals surface area (Å²) < 4.78 is 2.97. The maximum Gasteiger partial charge on any atom is 0.295 e. The van der Waals surface area contributed by atoms with Crippen molar-refractivity contribution in [1.29, 1.82) is 0 Å². The molecule has 0 aliphatic rings. The molecule has 0 spiro atoms. The highest BCUT2D eigenvalue weighted by Crippen LogP contribution is 2.27. The Bertz CT molecular complexity index is 1180. The Balaban J connectivity index is 2.19. The van der Waals surface area contributed by atoms with Crippen LogP contribution in [0.15, 0.2) is 54.1 Å². The minimum atomic E-state index is -0.816. The van der Waals surface area contributed by atoms with Crippen molar-refractivity contribution in [3.8, 4) is 11.3 Å². The average Bonchev–Trinajstić information content (AvgIpc) is 3.13. The van der Waals surface area contributed by atoms with E-state index in [1.54, 1.807) is 30.5 Å². The Labute approximate surface area is 171 Å². The van der Waals surface area contributed by atoms with Gasteiger partial charge < -0.3 is 10.6 Å². The Morgan fingerprint density at radius 3 is 2.66 bits per heavy atom. The van der Waals surface area contributed by atoms with Gasteiger partial charge in [0.1, 0.15) is 11.7 Å². The summed E-state index contributed by atoms with van der Waals surface area (Å²) in [5.41, 5.74) is 6.20. The minimum absolute atomic E-state index is 0.0270. The van der Waals surface area contributed by atoms with Crippen LogP contribution in [0.5, 0.6) is 0 Å². The van der Waals surface area contributed by atoms with Crippen LogP contribution in [0.2, 0.25) is 5.02 Å². The van der Waals surface area contributed by atoms with Crippen LogP contribution in [0.1, 0.15) is 17.4 Å². The molecule has 3 rings (SSSR count). The average molecular weight is 414 g/mol. The quantitative estimate of drug-likeness (QED) is 0.624. The first-order valence-electron chi connectivity index (χ1n) is 8.81. The smallest absolute Gasteiger partial charge is 0.295 e. The molecule has 0 fully saturated rings. The van der Waals surface area contributed by atoms with Gasteiger partial charge in [-0.3, -0.25) is 23.4 Å². The van der Waals surface area contributed by atoms with Crippen LogP contribution in [-0.4, -0.2) is 43.8 Å². The number of nitrogens with zero attached hydrogens (tertiary/aromatic N) is 4. The number of hydrogen-bond acceptors (Lipinski definition) is 4. The molecule has 150 valence electrons. The number of halogens is 1. The molecular weight excluding hydrogens is 394 g/mol. The van der Waals surface area contributed by atoms with Gasteiger partial charge in [0.05, 0.1) is 5.69 Å². The first kappa shape index (κ1) is 20.3. The van der Waals surface area contributed by atoms with Crippen molar-refractivity contribution in [3.05, 3.63) is 70.4 Å². The molecule has 3 aromatic rings. The summed E-state index contributed by atoms with van der Waals surface area (Å²) >= 11 is 6.33. The number of hydrogen-bond donors (Lipinski definition) is 1. The molecule has 29 heavy (non-hydrogen) atoms. The SMILES string of the molecule is C=CCn1c(-c2ccccc2Cl)cn2cc(C(=O)N(C)C(C)C(N)=O)nc2c1=O. The van der Waals surface area contributed by atoms with Crippen LogP contribution in [0.3, 0.4) is 0 Å². The van der Waals surface area contributed by atoms with Gasteiger partial charge in [-0.2, -0.15) is 0 Å². The number of likely N-dealkylation sites (N-methyl/N-ethyl adjacent to an activating group) is 1. The highest BCUT2D eigenvalue weighted by molar-refractivity contribution is 6.33. The van der Waals surface area contributed by atoms with E-state index in [9.17, 15) is 14.4 Å². The topological polar surface area (TPSA) is 103 Å². The summed E-state index contributed by atoms with van der Waals surface area (Å²) in [7, 11) is 1.45. The number of allylic oxidation sites excluding steroid dienone is 1. The lowest BCUT2D eigenvalue weighted by molar-refractivity contribution is -0.121. The minimum Gasteiger partial charge on any atom is -0.368 e. The van der Waals surface area contributed by atoms with E-state index in [1.807, 2.05) is 6.07 Å². The number of carbonyl (C=O) groups excluding carboxylic acids is 2. The zero-order valence-electron chi connectivity index (χ0n) is 16.0. The van der Waals surface area contributed by atoms with Gasteiger partial charge in [-0.25, -0.2) is 4.98 Å². The van der Waals surface area contributed by atoms with Gasteiger partial charge in [-0.05, 0) is 13.0 Å². The fourth-order valence-electron chi connectivity index (χ4n) is 2.93. The van der Waals surface area contributed by atoms with E-state index in [-0.39, 0.29) is 17.9 Å². The molecule has 1 atom stereocenters. The Kier molecular flexibility index (Phi) is 5.56. The monoisotopic (exact) mass is 413 g/mol. The van der Waals surface area contributed by atoms with Crippen LogP contribution in [-0.2, 0) is 11.3 Å². The van der Waals surface area contributed by atoms with Crippen LogP contribution in [0, 0.1) is 0 Å². The standard InChI is InChI=1S/C20H20ClN5O3/c1-4-9-26-16(13-7-5-6-8-14(13)21)11-25-10-15(23-18(25)20(26)29)19(28)24(3)12(2)17(22)27/h4-8,10-12H,1,9H2,2-3H3,(H2,22,27). The second kappa shape index (κ2) is 7.92. The van der Waals surface area contributed by atoms with Gasteiger partial charge in [0, 0.05) is 36.6 Å². The molecule has 2 heterocycles. The summed E-state index contributed by atoms with van der Waals surface area (Å²) in [6.45, 7) is 5.46. The number of carbonyl (C=O) groups is 2. The summed E-state index contributed by atoms with van der Waals surface area (Å²) in [5.74, 6) is -1.16. The fraction of sp³-hybridized carbons (Fsp3) is 0.200. The maximum absolute atomic E-state index is 13.1. The van der Waals surface area contributed by atoms with Crippen molar-refractivity contribution in [3.63, 3.8) is 0 Å². The van der Waals surface area contributed by atoms with Gasteiger partial charge in [0.25, 0.3) is 11.5 Å². The van der Waals surface area contributed by atoms with E-state index in [4.69, 9.17) is 17.3 Å². The highest BCUT2D eigenvalue weighted by Gasteiger charge is 2.24. The first-order chi connectivity index (χ1) is 13.8. The molecule has 0 bridgehead atoms. The molecule has 1 aromatic carbocycles. The van der Waals surface area contributed by atoms with Crippen molar-refractivity contribution >= 4 is 29.1 Å². The number of nitrogens with two attached hydrogens (primary N) is 1. The van der Waals surface area contributed by atoms with E-state index in [0.717, 1.165) is 0 Å². The third kappa shape index (κ3) is 3.66. The third-order valence-electron chi connectivity index (χ3n) is 4.71. The van der Waals surface area contributed by atoms with Crippen LogP contribution in [0.25, 0.3) is 16.9 Å². The predicted octanol–water partition coefficient (Wildman–Crippen LogP) is 1.95. The number of primary amides is 1. The van der Waals surface area contributed by atoms with E-state index in [0.29, 0.717) is 16.3 Å². The Hall–Kier alpha value is -3.39. The molecule has 0 radical (unpaired) electrons. The summed E-state index contributed by atoms with van der Waals surface area (Å²) in [4.78, 5) is 42.5. The number of benzene rings is 1. The van der Waals surface area contributed by atoms with Gasteiger partial charge in [-0.15, -0.1) is 6.58 Å². The number of aromatic nitrogens is 3. The normalized spacial score (nSPS) is 12.0. The van der Waals surface area contributed by atoms with Gasteiger partial charge in [0.2, 0.25) is 11.6 Å². The molecule has 2 N–H and O–H groups in total. The lowest BCUT2D eigenvalue weighted by Crippen LogP contribution is -2.43. The van der Waals surface area contributed by atoms with Gasteiger partial charge in [0.15, 0.2) is 0 Å². The maximum atomic E-state index is 13.1. The summed E-state index contributed by atoms with van der Waals surface area (Å²) in [6.07, 6.45) is 4.72. The number of fused-ring (bicyclic) bond motifs is 1. The van der Waals surface area contributed by atoms with Crippen molar-refractivity contribution < 1.29 is 9.59 Å². The molecule has 0 saturated carbocycles. The summed E-state index contributed by atoms with van der Waals surface area (Å²) in [5, 5.41) is 0.482. The van der Waals surface area contributed by atoms with Gasteiger partial charge >= 0.3 is 0 Å². The van der Waals surface area contributed by atoms with Crippen LogP contribution >= 0.6 is 11.6 Å². The molecule has 0 aliphatic heterocycles. The Morgan fingerprint density at radius 1 is 1.34 bits per heavy atom. The first-order valence-corrected chi connectivity index (χ1v) is 9.18. The fourth-order valence-corrected chi connectivity index (χ4v) is 3.16. The molecule has 0 saturated heterocycles. The number of rotatable bonds is 6. The second-order valence-electron chi connectivity index (χ2n) is 6.55. The van der Waals surface area contributed by atoms with Crippen molar-refractivity contribution in [1.82, 2.24) is 18.9 Å². The predicted molar refractivity (Wildman–Crippen MR) is 111 cm³/mol. The van der Waals surface area contributed by atoms with E-state index in [1.165, 1.54) is 34.0 Å². The molecular formula is C20H20ClN5O3. The Morgan fingerprint density at radius 2 is 2.03 bits per heavy atom. The van der Waals surface area contributed by atoms with Crippen LogP contribution in [0.4, 0.5) is 0 Å². The largest absolute Gasteiger partial charge is 0.368 e. The van der Waals surface area contributed by atoms with Gasteiger partial charge in [-0.1, -0.05) is 35.9 Å². The molecule has 2 aromatic heterocycles. The lowest BCUT2D eigenvalue weighted by atomic mass is 10.1.